The van der Waals surface area contributed by atoms with Gasteiger partial charge >= 0.3 is 0 Å². The molecule has 0 radical (unpaired) electrons. The summed E-state index contributed by atoms with van der Waals surface area (Å²) < 4.78 is 0. The van der Waals surface area contributed by atoms with Crippen molar-refractivity contribution in [2.24, 2.45) is 0 Å². The van der Waals surface area contributed by atoms with E-state index >= 15 is 0 Å². The van der Waals surface area contributed by atoms with E-state index < -0.39 is 0 Å². The molecular formula is C50H38N2. The lowest BCUT2D eigenvalue weighted by atomic mass is 9.82. The average Bonchev–Trinajstić information content (AvgIpc) is 3.54. The van der Waals surface area contributed by atoms with E-state index in [0.29, 0.717) is 0 Å². The molecule has 248 valence electrons. The zero-order valence-electron chi connectivity index (χ0n) is 29.0. The van der Waals surface area contributed by atoms with Crippen LogP contribution in [0.15, 0.2) is 162 Å². The van der Waals surface area contributed by atoms with Crippen LogP contribution < -0.4 is 5.32 Å². The molecule has 1 aliphatic heterocycles. The fraction of sp³-hybridized carbons (Fsp3) is 0.100. The molecule has 7 aromatic rings. The van der Waals surface area contributed by atoms with Gasteiger partial charge in [0.25, 0.3) is 0 Å². The predicted octanol–water partition coefficient (Wildman–Crippen LogP) is 13.0. The highest BCUT2D eigenvalue weighted by atomic mass is 14.9. The highest BCUT2D eigenvalue weighted by Crippen LogP contribution is 2.58. The van der Waals surface area contributed by atoms with Crippen LogP contribution in [0.1, 0.15) is 42.4 Å². The first kappa shape index (κ1) is 30.6. The van der Waals surface area contributed by atoms with Gasteiger partial charge in [-0.3, -0.25) is 0 Å². The summed E-state index contributed by atoms with van der Waals surface area (Å²) in [6.45, 7) is 0.836. The molecule has 0 amide bonds. The fourth-order valence-corrected chi connectivity index (χ4v) is 9.10. The van der Waals surface area contributed by atoms with Crippen molar-refractivity contribution in [3.05, 3.63) is 179 Å². The molecule has 0 spiro atoms. The lowest BCUT2D eigenvalue weighted by Crippen LogP contribution is -2.17. The highest BCUT2D eigenvalue weighted by molar-refractivity contribution is 6.29. The van der Waals surface area contributed by atoms with Crippen LogP contribution in [0.5, 0.6) is 0 Å². The van der Waals surface area contributed by atoms with Gasteiger partial charge in [0.15, 0.2) is 0 Å². The number of allylic oxidation sites excluding steroid dienone is 4. The molecule has 52 heavy (non-hydrogen) atoms. The topological polar surface area (TPSA) is 35.9 Å². The number of benzene rings is 7. The second-order valence-corrected chi connectivity index (χ2v) is 14.2. The fourth-order valence-electron chi connectivity index (χ4n) is 9.10. The minimum absolute atomic E-state index is 0.836. The van der Waals surface area contributed by atoms with Gasteiger partial charge in [-0.05, 0) is 132 Å². The van der Waals surface area contributed by atoms with Crippen LogP contribution in [-0.4, -0.2) is 6.21 Å². The van der Waals surface area contributed by atoms with Crippen molar-refractivity contribution >= 4 is 39.4 Å². The number of hydrogen-bond acceptors (Lipinski definition) is 2. The van der Waals surface area contributed by atoms with Crippen LogP contribution in [0.4, 0.5) is 0 Å². The van der Waals surface area contributed by atoms with Gasteiger partial charge in [0.05, 0.1) is 0 Å². The first-order valence-electron chi connectivity index (χ1n) is 18.5. The molecule has 1 fully saturated rings. The minimum Gasteiger partial charge on any atom is -0.381 e. The first-order chi connectivity index (χ1) is 25.8. The number of fused-ring (bicyclic) bond motifs is 5. The zero-order chi connectivity index (χ0) is 34.6. The molecule has 0 bridgehead atoms. The van der Waals surface area contributed by atoms with Crippen molar-refractivity contribution < 1.29 is 0 Å². The van der Waals surface area contributed by atoms with E-state index in [1.54, 1.807) is 6.21 Å². The van der Waals surface area contributed by atoms with Gasteiger partial charge < -0.3 is 10.7 Å². The summed E-state index contributed by atoms with van der Waals surface area (Å²) in [5, 5.41) is 17.6. The molecule has 7 aromatic carbocycles. The Kier molecular flexibility index (Phi) is 7.35. The van der Waals surface area contributed by atoms with Crippen molar-refractivity contribution in [1.29, 1.82) is 5.41 Å². The SMILES string of the molecule is N=C/C(=C1/CCCC/C1=C\C1=Cc2ccccc2CN1)c1ccc2c3c(cccc13)-c1c-2c(-c2ccccc2)c2ccccc2c1-c1ccccc1. The normalized spacial score (nSPS) is 16.3. The van der Waals surface area contributed by atoms with E-state index in [1.807, 2.05) is 0 Å². The molecule has 2 heteroatoms. The number of rotatable bonds is 5. The second kappa shape index (κ2) is 12.5. The standard InChI is InChI=1S/C50H38N2/c51-30-45(38-21-10-9-19-35(38)29-37-28-34-18-7-8-20-36(34)31-52-37)39-26-27-44-48-40(39)24-13-25-43(48)49-46(32-14-3-1-4-15-32)41-22-11-12-23-42(41)47(50(44)49)33-16-5-2-6-17-33/h1-8,11-18,20,22-30,51-52H,9-10,19,21,31H2/b35-29+,45-38+,51-30?. The van der Waals surface area contributed by atoms with E-state index in [9.17, 15) is 0 Å². The monoisotopic (exact) mass is 666 g/mol. The molecule has 1 saturated carbocycles. The molecule has 0 unspecified atom stereocenters. The Hall–Kier alpha value is -6.25. The van der Waals surface area contributed by atoms with Gasteiger partial charge in [0.1, 0.15) is 0 Å². The Bertz CT molecular complexity index is 2580. The molecular weight excluding hydrogens is 629 g/mol. The maximum Gasteiger partial charge on any atom is 0.0406 e. The van der Waals surface area contributed by atoms with Gasteiger partial charge in [0, 0.05) is 24.0 Å². The smallest absolute Gasteiger partial charge is 0.0406 e. The summed E-state index contributed by atoms with van der Waals surface area (Å²) in [6.07, 6.45) is 10.6. The van der Waals surface area contributed by atoms with Crippen molar-refractivity contribution in [3.8, 4) is 44.5 Å². The third-order valence-electron chi connectivity index (χ3n) is 11.4. The largest absolute Gasteiger partial charge is 0.381 e. The van der Waals surface area contributed by atoms with Gasteiger partial charge in [-0.1, -0.05) is 140 Å². The Balaban J connectivity index is 1.23. The molecule has 2 aliphatic carbocycles. The maximum atomic E-state index is 8.92. The Morgan fingerprint density at radius 1 is 0.558 bits per heavy atom. The Morgan fingerprint density at radius 3 is 1.88 bits per heavy atom. The number of hydrogen-bond donors (Lipinski definition) is 2. The minimum atomic E-state index is 0.836. The van der Waals surface area contributed by atoms with Crippen LogP contribution in [0.3, 0.4) is 0 Å². The quantitative estimate of drug-likeness (QED) is 0.176. The molecule has 2 N–H and O–H groups in total. The van der Waals surface area contributed by atoms with Crippen LogP contribution in [0, 0.1) is 5.41 Å². The summed E-state index contributed by atoms with van der Waals surface area (Å²) >= 11 is 0. The molecule has 3 aliphatic rings. The van der Waals surface area contributed by atoms with E-state index in [2.05, 4.69) is 157 Å². The van der Waals surface area contributed by atoms with E-state index in [1.165, 1.54) is 94.7 Å². The molecule has 2 nitrogen and oxygen atoms in total. The van der Waals surface area contributed by atoms with Crippen LogP contribution >= 0.6 is 0 Å². The summed E-state index contributed by atoms with van der Waals surface area (Å²) in [6, 6.07) is 50.9. The van der Waals surface area contributed by atoms with Crippen LogP contribution in [-0.2, 0) is 6.54 Å². The van der Waals surface area contributed by atoms with Crippen LogP contribution in [0.25, 0.3) is 77.7 Å². The zero-order valence-corrected chi connectivity index (χ0v) is 29.0. The molecule has 10 rings (SSSR count). The highest BCUT2D eigenvalue weighted by Gasteiger charge is 2.31. The maximum absolute atomic E-state index is 8.92. The van der Waals surface area contributed by atoms with Crippen LogP contribution in [0.2, 0.25) is 0 Å². The van der Waals surface area contributed by atoms with Crippen molar-refractivity contribution in [3.63, 3.8) is 0 Å². The van der Waals surface area contributed by atoms with Crippen molar-refractivity contribution in [1.82, 2.24) is 5.32 Å². The lowest BCUT2D eigenvalue weighted by molar-refractivity contribution is 0.679. The lowest BCUT2D eigenvalue weighted by Gasteiger charge is -2.24. The van der Waals surface area contributed by atoms with E-state index in [4.69, 9.17) is 5.41 Å². The summed E-state index contributed by atoms with van der Waals surface area (Å²) in [5.41, 5.74) is 18.8. The van der Waals surface area contributed by atoms with Gasteiger partial charge in [0.2, 0.25) is 0 Å². The molecule has 0 atom stereocenters. The van der Waals surface area contributed by atoms with Crippen molar-refractivity contribution in [2.45, 2.75) is 32.2 Å². The van der Waals surface area contributed by atoms with Gasteiger partial charge in [-0.15, -0.1) is 0 Å². The second-order valence-electron chi connectivity index (χ2n) is 14.2. The Morgan fingerprint density at radius 2 is 1.17 bits per heavy atom. The summed E-state index contributed by atoms with van der Waals surface area (Å²) in [7, 11) is 0. The average molecular weight is 667 g/mol. The Labute approximate surface area is 305 Å². The molecule has 0 aromatic heterocycles. The third kappa shape index (κ3) is 4.82. The van der Waals surface area contributed by atoms with Gasteiger partial charge in [-0.2, -0.15) is 0 Å². The predicted molar refractivity (Wildman–Crippen MR) is 220 cm³/mol. The van der Waals surface area contributed by atoms with Gasteiger partial charge in [-0.25, -0.2) is 0 Å². The molecule has 1 heterocycles. The third-order valence-corrected chi connectivity index (χ3v) is 11.4. The molecule has 0 saturated heterocycles. The number of nitrogens with one attached hydrogen (secondary N) is 2. The van der Waals surface area contributed by atoms with E-state index in [0.717, 1.165) is 42.6 Å². The summed E-state index contributed by atoms with van der Waals surface area (Å²) in [4.78, 5) is 0. The first-order valence-corrected chi connectivity index (χ1v) is 18.5. The van der Waals surface area contributed by atoms with Crippen molar-refractivity contribution in [2.75, 3.05) is 0 Å². The summed E-state index contributed by atoms with van der Waals surface area (Å²) in [5.74, 6) is 0. The van der Waals surface area contributed by atoms with E-state index in [-0.39, 0.29) is 0 Å².